The minimum absolute atomic E-state index is 0.0206. The molecule has 24 heavy (non-hydrogen) atoms. The Morgan fingerprint density at radius 1 is 1.50 bits per heavy atom. The average molecular weight is 412 g/mol. The zero-order valence-electron chi connectivity index (χ0n) is 12.6. The van der Waals surface area contributed by atoms with Crippen LogP contribution in [0.4, 0.5) is 5.00 Å². The highest BCUT2D eigenvalue weighted by atomic mass is 79.9. The summed E-state index contributed by atoms with van der Waals surface area (Å²) in [6, 6.07) is 10.1. The van der Waals surface area contributed by atoms with Gasteiger partial charge in [-0.2, -0.15) is 5.10 Å². The molecule has 0 saturated carbocycles. The lowest BCUT2D eigenvalue weighted by molar-refractivity contribution is -0.380. The Bertz CT molecular complexity index is 763. The molecule has 2 aromatic rings. The Morgan fingerprint density at radius 3 is 2.92 bits per heavy atom. The van der Waals surface area contributed by atoms with Crippen molar-refractivity contribution in [3.8, 4) is 5.75 Å². The minimum atomic E-state index is -0.686. The first kappa shape index (κ1) is 18.1. The van der Waals surface area contributed by atoms with E-state index in [1.54, 1.807) is 18.2 Å². The Kier molecular flexibility index (Phi) is 6.44. The van der Waals surface area contributed by atoms with Gasteiger partial charge < -0.3 is 4.74 Å². The van der Waals surface area contributed by atoms with E-state index in [0.29, 0.717) is 17.0 Å². The lowest BCUT2D eigenvalue weighted by Crippen LogP contribution is -2.35. The van der Waals surface area contributed by atoms with Gasteiger partial charge in [0.2, 0.25) is 0 Å². The van der Waals surface area contributed by atoms with E-state index in [9.17, 15) is 14.9 Å². The average Bonchev–Trinajstić information content (AvgIpc) is 3.01. The number of nitro groups is 1. The summed E-state index contributed by atoms with van der Waals surface area (Å²) in [5.41, 5.74) is 2.39. The van der Waals surface area contributed by atoms with Crippen LogP contribution in [0.5, 0.6) is 5.75 Å². The molecule has 0 radical (unpaired) electrons. The fourth-order valence-corrected chi connectivity index (χ4v) is 2.84. The normalized spacial score (nSPS) is 12.1. The molecule has 1 N–H and O–H groups in total. The minimum Gasteiger partial charge on any atom is -0.481 e. The molecule has 0 aliphatic carbocycles. The second-order valence-corrected chi connectivity index (χ2v) is 6.65. The third kappa shape index (κ3) is 5.14. The number of nitrogens with one attached hydrogen (secondary N) is 1. The summed E-state index contributed by atoms with van der Waals surface area (Å²) < 4.78 is 6.50. The van der Waals surface area contributed by atoms with E-state index < -0.39 is 11.0 Å². The smallest absolute Gasteiger partial charge is 0.324 e. The van der Waals surface area contributed by atoms with Gasteiger partial charge in [-0.25, -0.2) is 5.43 Å². The fraction of sp³-hybridized carbons (Fsp3) is 0.200. The van der Waals surface area contributed by atoms with E-state index in [4.69, 9.17) is 4.74 Å². The highest BCUT2D eigenvalue weighted by Crippen LogP contribution is 2.22. The molecule has 0 spiro atoms. The van der Waals surface area contributed by atoms with E-state index in [1.807, 2.05) is 19.1 Å². The first-order valence-electron chi connectivity index (χ1n) is 6.99. The van der Waals surface area contributed by atoms with Gasteiger partial charge in [-0.15, -0.1) is 0 Å². The lowest BCUT2D eigenvalue weighted by atomic mass is 10.2. The highest BCUT2D eigenvalue weighted by molar-refractivity contribution is 9.10. The third-order valence-electron chi connectivity index (χ3n) is 2.90. The monoisotopic (exact) mass is 411 g/mol. The van der Waals surface area contributed by atoms with Crippen LogP contribution in [0.1, 0.15) is 18.2 Å². The zero-order chi connectivity index (χ0) is 17.5. The molecule has 0 saturated heterocycles. The van der Waals surface area contributed by atoms with Crippen LogP contribution < -0.4 is 10.2 Å². The van der Waals surface area contributed by atoms with Crippen LogP contribution in [-0.2, 0) is 4.79 Å². The van der Waals surface area contributed by atoms with Crippen molar-refractivity contribution in [3.63, 3.8) is 0 Å². The van der Waals surface area contributed by atoms with Crippen LogP contribution in [-0.4, -0.2) is 23.1 Å². The molecule has 9 heteroatoms. The standard InChI is InChI=1S/C15H14BrN3O4S/c1-2-13(23-11-5-3-4-10(16)8-11)15(20)18-17-9-12-6-7-14(24-12)19(21)22/h3-9,13H,2H2,1H3,(H,18,20)/b17-9-/t13-/m0/s1. The number of amides is 1. The molecule has 2 rings (SSSR count). The van der Waals surface area contributed by atoms with Gasteiger partial charge in [0.15, 0.2) is 6.10 Å². The van der Waals surface area contributed by atoms with E-state index in [2.05, 4.69) is 26.5 Å². The van der Waals surface area contributed by atoms with Gasteiger partial charge >= 0.3 is 5.00 Å². The maximum absolute atomic E-state index is 12.1. The molecule has 0 fully saturated rings. The van der Waals surface area contributed by atoms with E-state index in [-0.39, 0.29) is 10.9 Å². The van der Waals surface area contributed by atoms with Crippen molar-refractivity contribution in [2.45, 2.75) is 19.4 Å². The second kappa shape index (κ2) is 8.55. The predicted octanol–water partition coefficient (Wildman–Crippen LogP) is 3.73. The Labute approximate surface area is 150 Å². The van der Waals surface area contributed by atoms with Gasteiger partial charge in [0.25, 0.3) is 5.91 Å². The number of carbonyl (C=O) groups excluding carboxylic acids is 1. The van der Waals surface area contributed by atoms with Crippen LogP contribution in [0.3, 0.4) is 0 Å². The molecule has 7 nitrogen and oxygen atoms in total. The summed E-state index contributed by atoms with van der Waals surface area (Å²) in [5, 5.41) is 14.4. The van der Waals surface area contributed by atoms with Crippen molar-refractivity contribution in [2.24, 2.45) is 5.10 Å². The van der Waals surface area contributed by atoms with Gasteiger partial charge in [-0.3, -0.25) is 14.9 Å². The van der Waals surface area contributed by atoms with Crippen LogP contribution in [0, 0.1) is 10.1 Å². The number of benzene rings is 1. The summed E-state index contributed by atoms with van der Waals surface area (Å²) >= 11 is 4.31. The first-order valence-corrected chi connectivity index (χ1v) is 8.60. The predicted molar refractivity (Wildman–Crippen MR) is 95.6 cm³/mol. The number of ether oxygens (including phenoxy) is 1. The SMILES string of the molecule is CC[C@H](Oc1cccc(Br)c1)C(=O)N/N=C\c1ccc([N+](=O)[O-])s1. The molecule has 0 bridgehead atoms. The van der Waals surface area contributed by atoms with Crippen molar-refractivity contribution in [3.05, 3.63) is 55.9 Å². The van der Waals surface area contributed by atoms with Gasteiger partial charge in [0.1, 0.15) is 5.75 Å². The van der Waals surface area contributed by atoms with Gasteiger partial charge in [-0.1, -0.05) is 40.3 Å². The van der Waals surface area contributed by atoms with Gasteiger partial charge in [0, 0.05) is 10.5 Å². The van der Waals surface area contributed by atoms with Gasteiger partial charge in [0.05, 0.1) is 16.0 Å². The van der Waals surface area contributed by atoms with Crippen LogP contribution in [0.2, 0.25) is 0 Å². The Morgan fingerprint density at radius 2 is 2.29 bits per heavy atom. The molecule has 1 aromatic carbocycles. The summed E-state index contributed by atoms with van der Waals surface area (Å²) in [7, 11) is 0. The number of hydrogen-bond acceptors (Lipinski definition) is 6. The molecule has 0 aliphatic heterocycles. The van der Waals surface area contributed by atoms with E-state index >= 15 is 0 Å². The zero-order valence-corrected chi connectivity index (χ0v) is 15.0. The largest absolute Gasteiger partial charge is 0.481 e. The second-order valence-electron chi connectivity index (χ2n) is 4.64. The molecule has 1 heterocycles. The molecule has 1 atom stereocenters. The number of halogens is 1. The van der Waals surface area contributed by atoms with Crippen molar-refractivity contribution in [1.82, 2.24) is 5.43 Å². The van der Waals surface area contributed by atoms with E-state index in [1.165, 1.54) is 12.3 Å². The quantitative estimate of drug-likeness (QED) is 0.426. The van der Waals surface area contributed by atoms with E-state index in [0.717, 1.165) is 15.8 Å². The number of rotatable bonds is 7. The maximum atomic E-state index is 12.1. The van der Waals surface area contributed by atoms with Crippen molar-refractivity contribution < 1.29 is 14.5 Å². The number of thiophene rings is 1. The maximum Gasteiger partial charge on any atom is 0.324 e. The molecule has 1 aromatic heterocycles. The fourth-order valence-electron chi connectivity index (χ4n) is 1.77. The van der Waals surface area contributed by atoms with Gasteiger partial charge in [-0.05, 0) is 30.7 Å². The number of hydrogen-bond donors (Lipinski definition) is 1. The molecular weight excluding hydrogens is 398 g/mol. The third-order valence-corrected chi connectivity index (χ3v) is 4.36. The van der Waals surface area contributed by atoms with Crippen molar-refractivity contribution in [2.75, 3.05) is 0 Å². The first-order chi connectivity index (χ1) is 11.5. The number of carbonyl (C=O) groups is 1. The number of hydrazone groups is 1. The summed E-state index contributed by atoms with van der Waals surface area (Å²) in [5.74, 6) is 0.184. The molecular formula is C15H14BrN3O4S. The van der Waals surface area contributed by atoms with Crippen molar-refractivity contribution in [1.29, 1.82) is 0 Å². The molecule has 0 unspecified atom stereocenters. The summed E-state index contributed by atoms with van der Waals surface area (Å²) in [6.45, 7) is 1.83. The Balaban J connectivity index is 1.93. The molecule has 126 valence electrons. The Hall–Kier alpha value is -2.26. The lowest BCUT2D eigenvalue weighted by Gasteiger charge is -2.15. The number of nitrogens with zero attached hydrogens (tertiary/aromatic N) is 2. The highest BCUT2D eigenvalue weighted by Gasteiger charge is 2.18. The summed E-state index contributed by atoms with van der Waals surface area (Å²) in [4.78, 5) is 22.8. The molecule has 0 aliphatic rings. The van der Waals surface area contributed by atoms with Crippen LogP contribution >= 0.6 is 27.3 Å². The topological polar surface area (TPSA) is 93.8 Å². The molecule has 1 amide bonds. The van der Waals surface area contributed by atoms with Crippen LogP contribution in [0.25, 0.3) is 0 Å². The van der Waals surface area contributed by atoms with Crippen LogP contribution in [0.15, 0.2) is 46.0 Å². The van der Waals surface area contributed by atoms with Crippen molar-refractivity contribution >= 4 is 44.4 Å². The summed E-state index contributed by atoms with van der Waals surface area (Å²) in [6.07, 6.45) is 1.15.